The number of hydrogen-bond acceptors (Lipinski definition) is 2. The molecule has 1 amide bonds. The molecular weight excluding hydrogens is 250 g/mol. The zero-order valence-electron chi connectivity index (χ0n) is 11.3. The van der Waals surface area contributed by atoms with Crippen LogP contribution < -0.4 is 5.32 Å². The first-order chi connectivity index (χ1) is 9.79. The lowest BCUT2D eigenvalue weighted by atomic mass is 10.0. The number of aliphatic hydroxyl groups is 1. The largest absolute Gasteiger partial charge is 0.387 e. The Hall–Kier alpha value is -2.13. The lowest BCUT2D eigenvalue weighted by Crippen LogP contribution is -2.19. The van der Waals surface area contributed by atoms with Crippen LogP contribution in [0.4, 0.5) is 0 Å². The summed E-state index contributed by atoms with van der Waals surface area (Å²) >= 11 is 0. The molecule has 2 N–H and O–H groups in total. The van der Waals surface area contributed by atoms with Crippen LogP contribution in [0.15, 0.2) is 54.6 Å². The molecule has 20 heavy (non-hydrogen) atoms. The monoisotopic (exact) mass is 269 g/mol. The van der Waals surface area contributed by atoms with Crippen LogP contribution in [0.2, 0.25) is 0 Å². The van der Waals surface area contributed by atoms with Crippen LogP contribution in [0.3, 0.4) is 0 Å². The van der Waals surface area contributed by atoms with Crippen molar-refractivity contribution in [2.75, 3.05) is 6.54 Å². The molecule has 3 heteroatoms. The van der Waals surface area contributed by atoms with Crippen molar-refractivity contribution in [2.45, 2.75) is 18.9 Å². The number of benzene rings is 2. The smallest absolute Gasteiger partial charge is 0.207 e. The minimum absolute atomic E-state index is 0.243. The molecule has 1 unspecified atom stereocenters. The van der Waals surface area contributed by atoms with Gasteiger partial charge >= 0.3 is 0 Å². The molecule has 104 valence electrons. The fourth-order valence-electron chi connectivity index (χ4n) is 2.12. The van der Waals surface area contributed by atoms with Crippen molar-refractivity contribution in [1.29, 1.82) is 0 Å². The van der Waals surface area contributed by atoms with Gasteiger partial charge in [-0.3, -0.25) is 4.79 Å². The van der Waals surface area contributed by atoms with E-state index >= 15 is 0 Å². The van der Waals surface area contributed by atoms with Crippen molar-refractivity contribution < 1.29 is 9.90 Å². The first-order valence-electron chi connectivity index (χ1n) is 6.77. The molecule has 3 nitrogen and oxygen atoms in total. The van der Waals surface area contributed by atoms with Crippen LogP contribution in [0.25, 0.3) is 0 Å². The van der Waals surface area contributed by atoms with Gasteiger partial charge in [-0.2, -0.15) is 0 Å². The van der Waals surface area contributed by atoms with Crippen molar-refractivity contribution >= 4 is 6.41 Å². The van der Waals surface area contributed by atoms with Crippen LogP contribution in [0.1, 0.15) is 22.8 Å². The molecule has 0 bridgehead atoms. The number of amides is 1. The van der Waals surface area contributed by atoms with Crippen LogP contribution >= 0.6 is 0 Å². The van der Waals surface area contributed by atoms with E-state index in [4.69, 9.17) is 0 Å². The number of carbonyl (C=O) groups is 1. The Labute approximate surface area is 119 Å². The molecule has 0 fully saturated rings. The third-order valence-electron chi connectivity index (χ3n) is 3.30. The van der Waals surface area contributed by atoms with Gasteiger partial charge in [-0.1, -0.05) is 54.6 Å². The Morgan fingerprint density at radius 1 is 0.950 bits per heavy atom. The summed E-state index contributed by atoms with van der Waals surface area (Å²) in [4.78, 5) is 10.2. The third-order valence-corrected chi connectivity index (χ3v) is 3.30. The molecule has 0 radical (unpaired) electrons. The summed E-state index contributed by atoms with van der Waals surface area (Å²) in [6, 6.07) is 18.3. The van der Waals surface area contributed by atoms with Gasteiger partial charge in [0.05, 0.1) is 6.10 Å². The van der Waals surface area contributed by atoms with E-state index in [1.165, 1.54) is 11.1 Å². The Morgan fingerprint density at radius 2 is 1.55 bits per heavy atom. The molecular formula is C17H19NO2. The number of aryl methyl sites for hydroxylation is 2. The van der Waals surface area contributed by atoms with E-state index < -0.39 is 6.10 Å². The zero-order valence-corrected chi connectivity index (χ0v) is 11.3. The average molecular weight is 269 g/mol. The summed E-state index contributed by atoms with van der Waals surface area (Å²) in [5, 5.41) is 12.3. The van der Waals surface area contributed by atoms with Crippen LogP contribution in [-0.4, -0.2) is 18.1 Å². The van der Waals surface area contributed by atoms with E-state index in [-0.39, 0.29) is 6.54 Å². The highest BCUT2D eigenvalue weighted by Crippen LogP contribution is 2.14. The summed E-state index contributed by atoms with van der Waals surface area (Å²) in [6.45, 7) is 0.243. The summed E-state index contributed by atoms with van der Waals surface area (Å²) in [7, 11) is 0. The van der Waals surface area contributed by atoms with Crippen LogP contribution in [0.5, 0.6) is 0 Å². The third kappa shape index (κ3) is 4.21. The van der Waals surface area contributed by atoms with Crippen molar-refractivity contribution in [3.05, 3.63) is 71.3 Å². The quantitative estimate of drug-likeness (QED) is 0.757. The van der Waals surface area contributed by atoms with Gasteiger partial charge in [-0.25, -0.2) is 0 Å². The summed E-state index contributed by atoms with van der Waals surface area (Å²) < 4.78 is 0. The highest BCUT2D eigenvalue weighted by Gasteiger charge is 2.06. The highest BCUT2D eigenvalue weighted by molar-refractivity contribution is 5.46. The summed E-state index contributed by atoms with van der Waals surface area (Å²) in [5.41, 5.74) is 3.39. The van der Waals surface area contributed by atoms with Gasteiger partial charge in [-0.05, 0) is 29.5 Å². The van der Waals surface area contributed by atoms with Crippen molar-refractivity contribution in [2.24, 2.45) is 0 Å². The normalized spacial score (nSPS) is 11.8. The van der Waals surface area contributed by atoms with Crippen molar-refractivity contribution in [3.63, 3.8) is 0 Å². The van der Waals surface area contributed by atoms with E-state index in [1.54, 1.807) is 0 Å². The number of rotatable bonds is 7. The van der Waals surface area contributed by atoms with Crippen molar-refractivity contribution in [1.82, 2.24) is 5.32 Å². The molecule has 2 aromatic carbocycles. The number of hydrogen-bond donors (Lipinski definition) is 2. The minimum atomic E-state index is -0.650. The van der Waals surface area contributed by atoms with E-state index in [1.807, 2.05) is 30.3 Å². The molecule has 1 atom stereocenters. The van der Waals surface area contributed by atoms with Gasteiger partial charge < -0.3 is 10.4 Å². The molecule has 2 aromatic rings. The van der Waals surface area contributed by atoms with Gasteiger partial charge in [0.1, 0.15) is 0 Å². The number of carbonyl (C=O) groups excluding carboxylic acids is 1. The molecule has 0 saturated heterocycles. The fraction of sp³-hybridized carbons (Fsp3) is 0.235. The SMILES string of the molecule is O=CNCC(O)c1ccc(CCc2ccccc2)cc1. The number of nitrogens with one attached hydrogen (secondary N) is 1. The highest BCUT2D eigenvalue weighted by atomic mass is 16.3. The average Bonchev–Trinajstić information content (AvgIpc) is 2.52. The van der Waals surface area contributed by atoms with Crippen molar-refractivity contribution in [3.8, 4) is 0 Å². The van der Waals surface area contributed by atoms with Gasteiger partial charge in [0, 0.05) is 6.54 Å². The predicted octanol–water partition coefficient (Wildman–Crippen LogP) is 2.25. The van der Waals surface area contributed by atoms with Gasteiger partial charge in [0.25, 0.3) is 0 Å². The topological polar surface area (TPSA) is 49.3 Å². The van der Waals surface area contributed by atoms with E-state index in [0.29, 0.717) is 6.41 Å². The summed E-state index contributed by atoms with van der Waals surface area (Å²) in [5.74, 6) is 0. The molecule has 0 aliphatic carbocycles. The minimum Gasteiger partial charge on any atom is -0.387 e. The second-order valence-electron chi connectivity index (χ2n) is 4.77. The maximum absolute atomic E-state index is 10.2. The Bertz CT molecular complexity index is 522. The Kier molecular flexibility index (Phi) is 5.33. The first-order valence-corrected chi connectivity index (χ1v) is 6.77. The van der Waals surface area contributed by atoms with Crippen LogP contribution in [0, 0.1) is 0 Å². The predicted molar refractivity (Wildman–Crippen MR) is 79.3 cm³/mol. The van der Waals surface area contributed by atoms with Gasteiger partial charge in [-0.15, -0.1) is 0 Å². The maximum atomic E-state index is 10.2. The molecule has 0 aliphatic rings. The van der Waals surface area contributed by atoms with Gasteiger partial charge in [0.15, 0.2) is 0 Å². The standard InChI is InChI=1S/C17H19NO2/c19-13-18-12-17(20)16-10-8-15(9-11-16)7-6-14-4-2-1-3-5-14/h1-5,8-11,13,17,20H,6-7,12H2,(H,18,19). The first kappa shape index (κ1) is 14.3. The second-order valence-corrected chi connectivity index (χ2v) is 4.77. The molecule has 2 rings (SSSR count). The number of aliphatic hydroxyl groups excluding tert-OH is 1. The van der Waals surface area contributed by atoms with Crippen LogP contribution in [-0.2, 0) is 17.6 Å². The Balaban J connectivity index is 1.89. The zero-order chi connectivity index (χ0) is 14.2. The molecule has 0 spiro atoms. The van der Waals surface area contributed by atoms with Gasteiger partial charge in [0.2, 0.25) is 6.41 Å². The Morgan fingerprint density at radius 3 is 2.15 bits per heavy atom. The summed E-state index contributed by atoms with van der Waals surface area (Å²) in [6.07, 6.45) is 1.93. The molecule has 0 heterocycles. The lowest BCUT2D eigenvalue weighted by Gasteiger charge is -2.11. The maximum Gasteiger partial charge on any atom is 0.207 e. The molecule has 0 aliphatic heterocycles. The molecule has 0 saturated carbocycles. The fourth-order valence-corrected chi connectivity index (χ4v) is 2.12. The van der Waals surface area contributed by atoms with E-state index in [9.17, 15) is 9.90 Å². The lowest BCUT2D eigenvalue weighted by molar-refractivity contribution is -0.109. The second kappa shape index (κ2) is 7.46. The van der Waals surface area contributed by atoms with E-state index in [0.717, 1.165) is 18.4 Å². The molecule has 0 aromatic heterocycles. The van der Waals surface area contributed by atoms with E-state index in [2.05, 4.69) is 29.6 Å².